The van der Waals surface area contributed by atoms with Crippen LogP contribution in [-0.4, -0.2) is 100 Å². The molecule has 160 valence electrons. The zero-order valence-electron chi connectivity index (χ0n) is 17.5. The number of methoxy groups -OCH3 is 1. The number of carbonyl (C=O) groups is 1. The van der Waals surface area contributed by atoms with Crippen LogP contribution in [0.5, 0.6) is 0 Å². The molecule has 0 spiro atoms. The van der Waals surface area contributed by atoms with Crippen LogP contribution in [-0.2, 0) is 19.0 Å². The van der Waals surface area contributed by atoms with Crippen LogP contribution >= 0.6 is 0 Å². The Kier molecular flexibility index (Phi) is 7.93. The predicted molar refractivity (Wildman–Crippen MR) is 107 cm³/mol. The topological polar surface area (TPSA) is 75.6 Å². The lowest BCUT2D eigenvalue weighted by Crippen LogP contribution is -2.50. The summed E-state index contributed by atoms with van der Waals surface area (Å²) in [6.07, 6.45) is 3.51. The van der Waals surface area contributed by atoms with Gasteiger partial charge in [-0.05, 0) is 19.8 Å². The van der Waals surface area contributed by atoms with Crippen molar-refractivity contribution in [3.8, 4) is 0 Å². The number of piperidine rings is 1. The smallest absolute Gasteiger partial charge is 0.225 e. The maximum atomic E-state index is 12.7. The summed E-state index contributed by atoms with van der Waals surface area (Å²) in [7, 11) is 1.77. The fraction of sp³-hybridized carbons (Fsp3) is 0.900. The van der Waals surface area contributed by atoms with Crippen molar-refractivity contribution >= 4 is 11.9 Å². The number of morpholine rings is 1. The largest absolute Gasteiger partial charge is 0.381 e. The van der Waals surface area contributed by atoms with Crippen LogP contribution in [0, 0.1) is 5.92 Å². The summed E-state index contributed by atoms with van der Waals surface area (Å²) >= 11 is 0. The first-order valence-electron chi connectivity index (χ1n) is 10.7. The first-order valence-corrected chi connectivity index (χ1v) is 10.7. The molecule has 0 aromatic heterocycles. The van der Waals surface area contributed by atoms with E-state index in [0.29, 0.717) is 25.7 Å². The quantitative estimate of drug-likeness (QED) is 0.545. The van der Waals surface area contributed by atoms with E-state index >= 15 is 0 Å². The van der Waals surface area contributed by atoms with Crippen molar-refractivity contribution in [3.63, 3.8) is 0 Å². The normalized spacial score (nSPS) is 24.3. The minimum absolute atomic E-state index is 0.123. The molecule has 0 radical (unpaired) electrons. The van der Waals surface area contributed by atoms with Gasteiger partial charge in [0.1, 0.15) is 0 Å². The molecular formula is C20H36N4O4. The van der Waals surface area contributed by atoms with E-state index in [4.69, 9.17) is 19.2 Å². The molecule has 0 saturated carbocycles. The minimum Gasteiger partial charge on any atom is -0.381 e. The van der Waals surface area contributed by atoms with Crippen molar-refractivity contribution in [2.24, 2.45) is 10.9 Å². The third kappa shape index (κ3) is 5.36. The summed E-state index contributed by atoms with van der Waals surface area (Å²) in [6, 6.07) is 0. The molecule has 3 saturated heterocycles. The van der Waals surface area contributed by atoms with Crippen LogP contribution in [0.25, 0.3) is 0 Å². The fourth-order valence-corrected chi connectivity index (χ4v) is 4.20. The van der Waals surface area contributed by atoms with Crippen molar-refractivity contribution in [2.45, 2.75) is 38.2 Å². The first-order chi connectivity index (χ1) is 13.7. The van der Waals surface area contributed by atoms with Crippen molar-refractivity contribution in [3.05, 3.63) is 0 Å². The highest BCUT2D eigenvalue weighted by atomic mass is 16.5. The van der Waals surface area contributed by atoms with E-state index in [0.717, 1.165) is 77.6 Å². The highest BCUT2D eigenvalue weighted by Gasteiger charge is 2.34. The molecule has 0 aromatic carbocycles. The monoisotopic (exact) mass is 396 g/mol. The maximum absolute atomic E-state index is 12.7. The number of nitrogens with one attached hydrogen (secondary N) is 1. The number of hydrogen-bond donors (Lipinski definition) is 1. The fourth-order valence-electron chi connectivity index (χ4n) is 4.20. The minimum atomic E-state index is -0.219. The number of ether oxygens (including phenoxy) is 3. The summed E-state index contributed by atoms with van der Waals surface area (Å²) < 4.78 is 16.7. The van der Waals surface area contributed by atoms with Crippen LogP contribution in [0.1, 0.15) is 32.6 Å². The molecule has 8 nitrogen and oxygen atoms in total. The SMILES string of the molecule is CCNC(=NCC1(OC)CCOCC1)N1CCC(C(=O)N2CCOCC2)CC1. The molecule has 3 rings (SSSR count). The molecule has 3 fully saturated rings. The number of nitrogens with zero attached hydrogens (tertiary/aromatic N) is 3. The van der Waals surface area contributed by atoms with E-state index in [9.17, 15) is 4.79 Å². The van der Waals surface area contributed by atoms with Gasteiger partial charge in [-0.1, -0.05) is 0 Å². The number of amides is 1. The molecule has 1 N–H and O–H groups in total. The molecule has 1 amide bonds. The Labute approximate surface area is 168 Å². The van der Waals surface area contributed by atoms with Gasteiger partial charge >= 0.3 is 0 Å². The lowest BCUT2D eigenvalue weighted by atomic mass is 9.94. The van der Waals surface area contributed by atoms with E-state index in [2.05, 4.69) is 17.1 Å². The van der Waals surface area contributed by atoms with Crippen molar-refractivity contribution in [1.29, 1.82) is 0 Å². The van der Waals surface area contributed by atoms with Gasteiger partial charge in [0.2, 0.25) is 5.91 Å². The van der Waals surface area contributed by atoms with Gasteiger partial charge in [0.25, 0.3) is 0 Å². The van der Waals surface area contributed by atoms with E-state index < -0.39 is 0 Å². The number of carbonyl (C=O) groups excluding carboxylic acids is 1. The summed E-state index contributed by atoms with van der Waals surface area (Å²) in [5.74, 6) is 1.35. The number of likely N-dealkylation sites (tertiary alicyclic amines) is 1. The van der Waals surface area contributed by atoms with Gasteiger partial charge in [-0.2, -0.15) is 0 Å². The lowest BCUT2D eigenvalue weighted by molar-refractivity contribution is -0.140. The molecule has 0 aliphatic carbocycles. The van der Waals surface area contributed by atoms with Gasteiger partial charge in [0.05, 0.1) is 25.4 Å². The Morgan fingerprint density at radius 3 is 2.32 bits per heavy atom. The summed E-state index contributed by atoms with van der Waals surface area (Å²) in [5, 5.41) is 3.42. The van der Waals surface area contributed by atoms with E-state index in [-0.39, 0.29) is 11.5 Å². The summed E-state index contributed by atoms with van der Waals surface area (Å²) in [4.78, 5) is 21.9. The maximum Gasteiger partial charge on any atom is 0.225 e. The van der Waals surface area contributed by atoms with Gasteiger partial charge in [-0.15, -0.1) is 0 Å². The molecule has 3 aliphatic heterocycles. The number of rotatable bonds is 5. The molecule has 0 aromatic rings. The third-order valence-electron chi connectivity index (χ3n) is 6.16. The molecule has 0 atom stereocenters. The second kappa shape index (κ2) is 10.4. The predicted octanol–water partition coefficient (Wildman–Crippen LogP) is 0.718. The molecule has 0 unspecified atom stereocenters. The number of guanidine groups is 1. The van der Waals surface area contributed by atoms with Gasteiger partial charge in [0, 0.05) is 71.8 Å². The van der Waals surface area contributed by atoms with Gasteiger partial charge in [-0.3, -0.25) is 9.79 Å². The van der Waals surface area contributed by atoms with Crippen molar-refractivity contribution in [1.82, 2.24) is 15.1 Å². The Balaban J connectivity index is 1.55. The van der Waals surface area contributed by atoms with Gasteiger partial charge in [0.15, 0.2) is 5.96 Å². The number of hydrogen-bond acceptors (Lipinski definition) is 5. The van der Waals surface area contributed by atoms with Crippen LogP contribution in [0.2, 0.25) is 0 Å². The second-order valence-corrected chi connectivity index (χ2v) is 7.87. The van der Waals surface area contributed by atoms with E-state index in [1.54, 1.807) is 7.11 Å². The Morgan fingerprint density at radius 2 is 1.71 bits per heavy atom. The summed E-state index contributed by atoms with van der Waals surface area (Å²) in [6.45, 7) is 9.51. The Bertz CT molecular complexity index is 522. The van der Waals surface area contributed by atoms with Crippen LogP contribution in [0.4, 0.5) is 0 Å². The van der Waals surface area contributed by atoms with Crippen LogP contribution in [0.15, 0.2) is 4.99 Å². The highest BCUT2D eigenvalue weighted by Crippen LogP contribution is 2.25. The molecular weight excluding hydrogens is 360 g/mol. The molecule has 3 heterocycles. The van der Waals surface area contributed by atoms with E-state index in [1.807, 2.05) is 4.90 Å². The Hall–Kier alpha value is -1.38. The number of aliphatic imine (C=N–C) groups is 1. The average Bonchev–Trinajstić information content (AvgIpc) is 2.77. The zero-order chi connectivity index (χ0) is 19.8. The van der Waals surface area contributed by atoms with Crippen molar-refractivity contribution in [2.75, 3.05) is 72.8 Å². The lowest BCUT2D eigenvalue weighted by Gasteiger charge is -2.38. The summed E-state index contributed by atoms with van der Waals surface area (Å²) in [5.41, 5.74) is -0.219. The van der Waals surface area contributed by atoms with E-state index in [1.165, 1.54) is 0 Å². The molecule has 0 bridgehead atoms. The highest BCUT2D eigenvalue weighted by molar-refractivity contribution is 5.82. The zero-order valence-corrected chi connectivity index (χ0v) is 17.5. The van der Waals surface area contributed by atoms with Crippen molar-refractivity contribution < 1.29 is 19.0 Å². The second-order valence-electron chi connectivity index (χ2n) is 7.87. The standard InChI is InChI=1S/C20H36N4O4/c1-3-21-19(22-16-20(26-2)6-12-27-13-7-20)24-8-4-17(5-9-24)18(25)23-10-14-28-15-11-23/h17H,3-16H2,1-2H3,(H,21,22). The molecule has 8 heteroatoms. The van der Waals surface area contributed by atoms with Gasteiger partial charge in [-0.25, -0.2) is 0 Å². The van der Waals surface area contributed by atoms with Crippen LogP contribution in [0.3, 0.4) is 0 Å². The Morgan fingerprint density at radius 1 is 1.07 bits per heavy atom. The van der Waals surface area contributed by atoms with Crippen LogP contribution < -0.4 is 5.32 Å². The average molecular weight is 397 g/mol. The van der Waals surface area contributed by atoms with Gasteiger partial charge < -0.3 is 29.3 Å². The molecule has 3 aliphatic rings. The molecule has 28 heavy (non-hydrogen) atoms. The third-order valence-corrected chi connectivity index (χ3v) is 6.16. The first kappa shape index (κ1) is 21.3.